The number of hydrogen-bond acceptors (Lipinski definition) is 5. The molecule has 0 spiro atoms. The van der Waals surface area contributed by atoms with Gasteiger partial charge in [-0.3, -0.25) is 9.59 Å². The maximum Gasteiger partial charge on any atom is 0.336 e. The van der Waals surface area contributed by atoms with Crippen LogP contribution >= 0.6 is 0 Å². The molecule has 2 aromatic rings. The summed E-state index contributed by atoms with van der Waals surface area (Å²) in [5, 5.41) is 6.24. The summed E-state index contributed by atoms with van der Waals surface area (Å²) in [6, 6.07) is 5.07. The van der Waals surface area contributed by atoms with E-state index in [9.17, 15) is 14.4 Å². The van der Waals surface area contributed by atoms with Gasteiger partial charge in [0.15, 0.2) is 6.61 Å². The first-order chi connectivity index (χ1) is 12.5. The minimum Gasteiger partial charge on any atom is -0.483 e. The molecule has 1 saturated heterocycles. The Morgan fingerprint density at radius 1 is 1.35 bits per heavy atom. The van der Waals surface area contributed by atoms with Gasteiger partial charge in [0.2, 0.25) is 5.91 Å². The zero-order valence-electron chi connectivity index (χ0n) is 14.9. The van der Waals surface area contributed by atoms with Gasteiger partial charge < -0.3 is 19.8 Å². The fourth-order valence-corrected chi connectivity index (χ4v) is 3.12. The minimum absolute atomic E-state index is 0.0142. The number of nitrogens with one attached hydrogen (secondary N) is 2. The second-order valence-corrected chi connectivity index (χ2v) is 6.55. The molecule has 26 heavy (non-hydrogen) atoms. The van der Waals surface area contributed by atoms with Crippen molar-refractivity contribution < 1.29 is 18.7 Å². The topological polar surface area (TPSA) is 97.6 Å². The molecule has 0 aliphatic carbocycles. The molecule has 1 fully saturated rings. The van der Waals surface area contributed by atoms with Crippen LogP contribution in [0.25, 0.3) is 11.0 Å². The SMILES string of the molecule is CCc1cc(=O)oc2cc(C)cc(OCC(=O)NCC3CNC(=O)C3)c12. The van der Waals surface area contributed by atoms with E-state index in [1.165, 1.54) is 6.07 Å². The van der Waals surface area contributed by atoms with Gasteiger partial charge in [-0.2, -0.15) is 0 Å². The van der Waals surface area contributed by atoms with Gasteiger partial charge in [-0.25, -0.2) is 4.79 Å². The van der Waals surface area contributed by atoms with Crippen LogP contribution < -0.4 is 21.0 Å². The molecule has 0 saturated carbocycles. The molecular weight excluding hydrogens is 336 g/mol. The number of carbonyl (C=O) groups is 2. The van der Waals surface area contributed by atoms with E-state index in [4.69, 9.17) is 9.15 Å². The summed E-state index contributed by atoms with van der Waals surface area (Å²) in [6.07, 6.45) is 1.08. The number of benzene rings is 1. The molecule has 1 atom stereocenters. The molecular formula is C19H22N2O5. The highest BCUT2D eigenvalue weighted by molar-refractivity contribution is 5.88. The maximum atomic E-state index is 12.1. The Balaban J connectivity index is 1.71. The van der Waals surface area contributed by atoms with Crippen molar-refractivity contribution in [3.05, 3.63) is 39.7 Å². The second kappa shape index (κ2) is 7.59. The summed E-state index contributed by atoms with van der Waals surface area (Å²) in [7, 11) is 0. The van der Waals surface area contributed by atoms with Gasteiger partial charge in [-0.15, -0.1) is 0 Å². The quantitative estimate of drug-likeness (QED) is 0.759. The highest BCUT2D eigenvalue weighted by Crippen LogP contribution is 2.30. The van der Waals surface area contributed by atoms with E-state index in [0.29, 0.717) is 37.3 Å². The Morgan fingerprint density at radius 3 is 2.85 bits per heavy atom. The van der Waals surface area contributed by atoms with Crippen LogP contribution in [0.15, 0.2) is 27.4 Å². The summed E-state index contributed by atoms with van der Waals surface area (Å²) in [5.74, 6) is 0.399. The Hall–Kier alpha value is -2.83. The van der Waals surface area contributed by atoms with Crippen molar-refractivity contribution in [2.75, 3.05) is 19.7 Å². The Kier molecular flexibility index (Phi) is 5.25. The molecule has 7 heteroatoms. The molecule has 1 aromatic heterocycles. The van der Waals surface area contributed by atoms with E-state index in [1.807, 2.05) is 19.9 Å². The van der Waals surface area contributed by atoms with Crippen molar-refractivity contribution in [2.24, 2.45) is 5.92 Å². The van der Waals surface area contributed by atoms with Crippen LogP contribution in [-0.2, 0) is 16.0 Å². The molecule has 138 valence electrons. The number of carbonyl (C=O) groups excluding carboxylic acids is 2. The van der Waals surface area contributed by atoms with E-state index < -0.39 is 5.63 Å². The van der Waals surface area contributed by atoms with Gasteiger partial charge >= 0.3 is 5.63 Å². The van der Waals surface area contributed by atoms with Gasteiger partial charge in [-0.05, 0) is 36.6 Å². The lowest BCUT2D eigenvalue weighted by Crippen LogP contribution is -2.33. The van der Waals surface area contributed by atoms with Crippen molar-refractivity contribution in [3.8, 4) is 5.75 Å². The summed E-state index contributed by atoms with van der Waals surface area (Å²) >= 11 is 0. The molecule has 1 aliphatic rings. The lowest BCUT2D eigenvalue weighted by molar-refractivity contribution is -0.123. The average Bonchev–Trinajstić information content (AvgIpc) is 3.01. The van der Waals surface area contributed by atoms with Crippen LogP contribution in [0.1, 0.15) is 24.5 Å². The van der Waals surface area contributed by atoms with Crippen LogP contribution in [0.2, 0.25) is 0 Å². The predicted molar refractivity (Wildman–Crippen MR) is 96.2 cm³/mol. The molecule has 1 aromatic carbocycles. The first-order valence-electron chi connectivity index (χ1n) is 8.70. The van der Waals surface area contributed by atoms with E-state index in [1.54, 1.807) is 6.07 Å². The number of ether oxygens (including phenoxy) is 1. The Morgan fingerprint density at radius 2 is 2.15 bits per heavy atom. The summed E-state index contributed by atoms with van der Waals surface area (Å²) in [5.41, 5.74) is 1.76. The Bertz CT molecular complexity index is 903. The second-order valence-electron chi connectivity index (χ2n) is 6.55. The Labute approximate surface area is 150 Å². The van der Waals surface area contributed by atoms with Crippen LogP contribution in [0, 0.1) is 12.8 Å². The first kappa shape index (κ1) is 18.0. The van der Waals surface area contributed by atoms with Gasteiger partial charge in [0.25, 0.3) is 5.91 Å². The largest absolute Gasteiger partial charge is 0.483 e. The summed E-state index contributed by atoms with van der Waals surface area (Å²) in [6.45, 7) is 4.69. The molecule has 7 nitrogen and oxygen atoms in total. The number of amides is 2. The third-order valence-corrected chi connectivity index (χ3v) is 4.42. The van der Waals surface area contributed by atoms with Crippen molar-refractivity contribution in [1.29, 1.82) is 0 Å². The van der Waals surface area contributed by atoms with Gasteiger partial charge in [0, 0.05) is 31.5 Å². The molecule has 2 amide bonds. The number of rotatable bonds is 6. The predicted octanol–water partition coefficient (Wildman–Crippen LogP) is 1.29. The molecule has 1 unspecified atom stereocenters. The van der Waals surface area contributed by atoms with Crippen molar-refractivity contribution in [2.45, 2.75) is 26.7 Å². The van der Waals surface area contributed by atoms with Crippen molar-refractivity contribution >= 4 is 22.8 Å². The number of aryl methyl sites for hydroxylation is 2. The standard InChI is InChI=1S/C19H22N2O5/c1-3-13-7-18(24)26-15-5-11(2)4-14(19(13)15)25-10-17(23)21-9-12-6-16(22)20-8-12/h4-5,7,12H,3,6,8-10H2,1-2H3,(H,20,22)(H,21,23). The fourth-order valence-electron chi connectivity index (χ4n) is 3.12. The maximum absolute atomic E-state index is 12.1. The lowest BCUT2D eigenvalue weighted by atomic mass is 10.1. The van der Waals surface area contributed by atoms with E-state index in [-0.39, 0.29) is 24.3 Å². The summed E-state index contributed by atoms with van der Waals surface area (Å²) in [4.78, 5) is 34.9. The molecule has 3 rings (SSSR count). The fraction of sp³-hybridized carbons (Fsp3) is 0.421. The monoisotopic (exact) mass is 358 g/mol. The number of hydrogen-bond donors (Lipinski definition) is 2. The summed E-state index contributed by atoms with van der Waals surface area (Å²) < 4.78 is 11.0. The van der Waals surface area contributed by atoms with Gasteiger partial charge in [0.05, 0.1) is 5.39 Å². The average molecular weight is 358 g/mol. The van der Waals surface area contributed by atoms with Gasteiger partial charge in [0.1, 0.15) is 11.3 Å². The molecule has 0 bridgehead atoms. The highest BCUT2D eigenvalue weighted by atomic mass is 16.5. The first-order valence-corrected chi connectivity index (χ1v) is 8.70. The molecule has 0 radical (unpaired) electrons. The molecule has 2 heterocycles. The third kappa shape index (κ3) is 4.04. The van der Waals surface area contributed by atoms with Crippen LogP contribution in [0.3, 0.4) is 0 Å². The van der Waals surface area contributed by atoms with E-state index in [0.717, 1.165) is 16.5 Å². The van der Waals surface area contributed by atoms with Crippen molar-refractivity contribution in [1.82, 2.24) is 10.6 Å². The zero-order valence-corrected chi connectivity index (χ0v) is 14.9. The van der Waals surface area contributed by atoms with E-state index >= 15 is 0 Å². The van der Waals surface area contributed by atoms with Crippen LogP contribution in [-0.4, -0.2) is 31.5 Å². The normalized spacial score (nSPS) is 16.5. The minimum atomic E-state index is -0.400. The highest BCUT2D eigenvalue weighted by Gasteiger charge is 2.21. The van der Waals surface area contributed by atoms with Crippen LogP contribution in [0.4, 0.5) is 0 Å². The van der Waals surface area contributed by atoms with Crippen molar-refractivity contribution in [3.63, 3.8) is 0 Å². The number of fused-ring (bicyclic) bond motifs is 1. The third-order valence-electron chi connectivity index (χ3n) is 4.42. The lowest BCUT2D eigenvalue weighted by Gasteiger charge is -2.13. The van der Waals surface area contributed by atoms with Gasteiger partial charge in [-0.1, -0.05) is 6.92 Å². The van der Waals surface area contributed by atoms with E-state index in [2.05, 4.69) is 10.6 Å². The molecule has 1 aliphatic heterocycles. The molecule has 2 N–H and O–H groups in total. The van der Waals surface area contributed by atoms with Crippen LogP contribution in [0.5, 0.6) is 5.75 Å². The smallest absolute Gasteiger partial charge is 0.336 e. The zero-order chi connectivity index (χ0) is 18.7.